The Morgan fingerprint density at radius 2 is 1.70 bits per heavy atom. The van der Waals surface area contributed by atoms with Gasteiger partial charge in [0, 0.05) is 11.3 Å². The highest BCUT2D eigenvalue weighted by atomic mass is 16.5. The highest BCUT2D eigenvalue weighted by molar-refractivity contribution is 6.05. The van der Waals surface area contributed by atoms with Gasteiger partial charge in [0.25, 0.3) is 0 Å². The third-order valence-electron chi connectivity index (χ3n) is 5.61. The second-order valence-electron chi connectivity index (χ2n) is 6.81. The molecule has 0 N–H and O–H groups in total. The van der Waals surface area contributed by atoms with E-state index >= 15 is 0 Å². The average molecular weight is 411 g/mol. The first-order valence-electron chi connectivity index (χ1n) is 10.4. The largest absolute Gasteiger partial charge is 0.466 e. The third-order valence-corrected chi connectivity index (χ3v) is 5.61. The van der Waals surface area contributed by atoms with Crippen LogP contribution in [0.4, 0.5) is 0 Å². The van der Waals surface area contributed by atoms with Crippen molar-refractivity contribution < 1.29 is 19.1 Å². The summed E-state index contributed by atoms with van der Waals surface area (Å²) in [5, 5.41) is 0. The van der Waals surface area contributed by atoms with Gasteiger partial charge in [0.1, 0.15) is 0 Å². The van der Waals surface area contributed by atoms with E-state index in [4.69, 9.17) is 9.47 Å². The predicted octanol–water partition coefficient (Wildman–Crippen LogP) is 5.81. The number of carbonyl (C=O) groups is 2. The fourth-order valence-electron chi connectivity index (χ4n) is 4.25. The molecule has 0 spiro atoms. The van der Waals surface area contributed by atoms with E-state index in [0.29, 0.717) is 17.6 Å². The molecule has 0 aliphatic heterocycles. The molecule has 30 heavy (non-hydrogen) atoms. The second-order valence-corrected chi connectivity index (χ2v) is 6.81. The van der Waals surface area contributed by atoms with Crippen molar-refractivity contribution in [2.45, 2.75) is 52.4 Å². The summed E-state index contributed by atoms with van der Waals surface area (Å²) < 4.78 is 10.2. The quantitative estimate of drug-likeness (QED) is 0.439. The second kappa shape index (κ2) is 11.3. The van der Waals surface area contributed by atoms with Crippen LogP contribution in [-0.4, -0.2) is 26.2 Å². The van der Waals surface area contributed by atoms with Gasteiger partial charge in [-0.15, -0.1) is 0 Å². The lowest BCUT2D eigenvalue weighted by molar-refractivity contribution is -0.140. The lowest BCUT2D eigenvalue weighted by Gasteiger charge is -2.43. The van der Waals surface area contributed by atoms with Crippen molar-refractivity contribution in [1.82, 2.24) is 0 Å². The van der Waals surface area contributed by atoms with Gasteiger partial charge < -0.3 is 9.47 Å². The van der Waals surface area contributed by atoms with E-state index in [0.717, 1.165) is 16.7 Å². The Morgan fingerprint density at radius 3 is 2.23 bits per heavy atom. The maximum Gasteiger partial charge on any atom is 0.335 e. The molecule has 4 nitrogen and oxygen atoms in total. The number of fused-ring (bicyclic) bond motifs is 1. The normalized spacial score (nSPS) is 20.8. The van der Waals surface area contributed by atoms with Gasteiger partial charge >= 0.3 is 11.9 Å². The van der Waals surface area contributed by atoms with Crippen LogP contribution >= 0.6 is 0 Å². The van der Waals surface area contributed by atoms with E-state index in [1.807, 2.05) is 77.1 Å². The number of allylic oxidation sites excluding steroid dienone is 5. The molecule has 1 aromatic rings. The van der Waals surface area contributed by atoms with E-state index in [9.17, 15) is 9.59 Å². The number of ether oxygens (including phenoxy) is 2. The summed E-state index contributed by atoms with van der Waals surface area (Å²) in [4.78, 5) is 25.8. The molecule has 1 aliphatic rings. The molecule has 1 aromatic carbocycles. The predicted molar refractivity (Wildman–Crippen MR) is 122 cm³/mol. The number of esters is 2. The smallest absolute Gasteiger partial charge is 0.335 e. The lowest BCUT2D eigenvalue weighted by atomic mass is 9.59. The molecule has 162 valence electrons. The summed E-state index contributed by atoms with van der Waals surface area (Å²) >= 11 is 0. The maximum absolute atomic E-state index is 13.0. The molecule has 2 atom stereocenters. The monoisotopic (exact) mass is 410 g/mol. The van der Waals surface area contributed by atoms with Crippen molar-refractivity contribution in [3.63, 3.8) is 0 Å². The van der Waals surface area contributed by atoms with Gasteiger partial charge in [-0.3, -0.25) is 0 Å². The van der Waals surface area contributed by atoms with Crippen molar-refractivity contribution in [3.05, 3.63) is 83.0 Å². The molecular formula is C26H34O4. The number of hydrogen-bond acceptors (Lipinski definition) is 4. The minimum Gasteiger partial charge on any atom is -0.466 e. The zero-order valence-corrected chi connectivity index (χ0v) is 19.2. The molecule has 0 fully saturated rings. The maximum atomic E-state index is 13.0. The molecule has 1 aliphatic carbocycles. The average Bonchev–Trinajstić information content (AvgIpc) is 2.79. The van der Waals surface area contributed by atoms with E-state index in [2.05, 4.69) is 6.58 Å². The minimum absolute atomic E-state index is 0.283. The zero-order valence-electron chi connectivity index (χ0n) is 19.2. The molecule has 0 aromatic heterocycles. The Hall–Kier alpha value is -2.88. The van der Waals surface area contributed by atoms with Gasteiger partial charge in [-0.2, -0.15) is 0 Å². The number of benzene rings is 1. The number of carbonyl (C=O) groups excluding carboxylic acids is 2. The number of hydrogen-bond donors (Lipinski definition) is 0. The summed E-state index contributed by atoms with van der Waals surface area (Å²) in [5.74, 6) is -1.30. The molecule has 4 heteroatoms. The first kappa shape index (κ1) is 25.2. The molecule has 0 saturated heterocycles. The van der Waals surface area contributed by atoms with Gasteiger partial charge in [-0.1, -0.05) is 88.4 Å². The van der Waals surface area contributed by atoms with Crippen LogP contribution in [0.3, 0.4) is 0 Å². The molecule has 0 saturated carbocycles. The Labute approximate surface area is 181 Å². The van der Waals surface area contributed by atoms with E-state index < -0.39 is 17.4 Å². The van der Waals surface area contributed by atoms with Crippen LogP contribution in [0, 0.1) is 0 Å². The molecule has 0 heterocycles. The van der Waals surface area contributed by atoms with Gasteiger partial charge in [0.05, 0.1) is 25.4 Å². The lowest BCUT2D eigenvalue weighted by Crippen LogP contribution is -2.41. The third kappa shape index (κ3) is 4.33. The molecular weight excluding hydrogens is 376 g/mol. The Bertz CT molecular complexity index is 873. The first-order valence-corrected chi connectivity index (χ1v) is 10.4. The summed E-state index contributed by atoms with van der Waals surface area (Å²) in [6.45, 7) is 13.6. The summed E-state index contributed by atoms with van der Waals surface area (Å²) in [6.07, 6.45) is 7.94. The summed E-state index contributed by atoms with van der Waals surface area (Å²) in [6, 6.07) is 7.94. The molecule has 0 bridgehead atoms. The van der Waals surface area contributed by atoms with Gasteiger partial charge in [-0.25, -0.2) is 9.59 Å². The molecule has 2 rings (SSSR count). The van der Waals surface area contributed by atoms with Crippen molar-refractivity contribution >= 4 is 11.9 Å². The SMILES string of the molecule is C=C/C=C\C=C(/C)C1(CC)C(C(=O)OC)=C(C(=O)OC)C(C)c2ccccc21.CC. The molecule has 0 radical (unpaired) electrons. The van der Waals surface area contributed by atoms with E-state index in [1.54, 1.807) is 6.08 Å². The highest BCUT2D eigenvalue weighted by Gasteiger charge is 2.49. The fraction of sp³-hybridized carbons (Fsp3) is 0.385. The van der Waals surface area contributed by atoms with Crippen LogP contribution in [0.1, 0.15) is 58.1 Å². The highest BCUT2D eigenvalue weighted by Crippen LogP contribution is 2.52. The van der Waals surface area contributed by atoms with Crippen molar-refractivity contribution in [2.24, 2.45) is 0 Å². The molecule has 0 amide bonds. The Balaban J connectivity index is 0.00000218. The van der Waals surface area contributed by atoms with Crippen molar-refractivity contribution in [2.75, 3.05) is 14.2 Å². The van der Waals surface area contributed by atoms with Gasteiger partial charge in [0.2, 0.25) is 0 Å². The van der Waals surface area contributed by atoms with Crippen molar-refractivity contribution in [1.29, 1.82) is 0 Å². The van der Waals surface area contributed by atoms with E-state index in [-0.39, 0.29) is 5.92 Å². The first-order chi connectivity index (χ1) is 14.4. The summed E-state index contributed by atoms with van der Waals surface area (Å²) in [7, 11) is 2.67. The van der Waals surface area contributed by atoms with Crippen LogP contribution in [0.5, 0.6) is 0 Å². The van der Waals surface area contributed by atoms with Crippen LogP contribution < -0.4 is 0 Å². The molecule has 2 unspecified atom stereocenters. The minimum atomic E-state index is -0.786. The topological polar surface area (TPSA) is 52.6 Å². The standard InChI is InChI=1S/C24H28O4.C2H6/c1-7-9-10-13-16(3)24(8-2)19-15-12-11-14-18(19)17(4)20(22(25)27-5)21(24)23(26)28-6;1-2/h7,9-15,17H,1,8H2,2-6H3;1-2H3/b10-9-,16-13+;. The van der Waals surface area contributed by atoms with Gasteiger partial charge in [0.15, 0.2) is 0 Å². The zero-order chi connectivity index (χ0) is 22.9. The number of methoxy groups -OCH3 is 2. The van der Waals surface area contributed by atoms with Gasteiger partial charge in [-0.05, 0) is 24.5 Å². The number of rotatable bonds is 6. The van der Waals surface area contributed by atoms with Crippen LogP contribution in [-0.2, 0) is 24.5 Å². The van der Waals surface area contributed by atoms with Crippen LogP contribution in [0.2, 0.25) is 0 Å². The summed E-state index contributed by atoms with van der Waals surface area (Å²) in [5.41, 5.74) is 2.89. The Morgan fingerprint density at radius 1 is 1.10 bits per heavy atom. The van der Waals surface area contributed by atoms with Crippen molar-refractivity contribution in [3.8, 4) is 0 Å². The van der Waals surface area contributed by atoms with E-state index in [1.165, 1.54) is 14.2 Å². The fourth-order valence-corrected chi connectivity index (χ4v) is 4.25. The van der Waals surface area contributed by atoms with Crippen LogP contribution in [0.25, 0.3) is 0 Å². The van der Waals surface area contributed by atoms with Crippen LogP contribution in [0.15, 0.2) is 71.9 Å². The Kier molecular flexibility index (Phi) is 9.51.